The molecular formula is C16H19N3O5. The van der Waals surface area contributed by atoms with Gasteiger partial charge in [0.25, 0.3) is 0 Å². The van der Waals surface area contributed by atoms with Crippen LogP contribution in [0.15, 0.2) is 24.3 Å². The van der Waals surface area contributed by atoms with Crippen LogP contribution in [0.5, 0.6) is 0 Å². The summed E-state index contributed by atoms with van der Waals surface area (Å²) in [5.41, 5.74) is 0.522. The summed E-state index contributed by atoms with van der Waals surface area (Å²) in [5.74, 6) is -1.38. The van der Waals surface area contributed by atoms with E-state index in [9.17, 15) is 19.2 Å². The van der Waals surface area contributed by atoms with Crippen molar-refractivity contribution >= 4 is 29.9 Å². The number of esters is 1. The van der Waals surface area contributed by atoms with Gasteiger partial charge in [-0.25, -0.2) is 4.79 Å². The quantitative estimate of drug-likeness (QED) is 0.468. The zero-order valence-corrected chi connectivity index (χ0v) is 13.4. The molecule has 1 aromatic rings. The first-order valence-electron chi connectivity index (χ1n) is 7.49. The standard InChI is InChI=1S/C16H19N3O5/c1-24-16(23)12-4-2-3-5-13(12)17-14(21)10-15(22)19-8-6-18(11-20)7-9-19/h2-5,11H,6-10H2,1H3,(H,17,21). The predicted molar refractivity (Wildman–Crippen MR) is 85.2 cm³/mol. The van der Waals surface area contributed by atoms with E-state index in [1.165, 1.54) is 13.2 Å². The fraction of sp³-hybridized carbons (Fsp3) is 0.375. The Bertz CT molecular complexity index is 638. The molecule has 0 aromatic heterocycles. The molecule has 1 saturated heterocycles. The number of nitrogens with one attached hydrogen (secondary N) is 1. The topological polar surface area (TPSA) is 96.0 Å². The minimum atomic E-state index is -0.567. The van der Waals surface area contributed by atoms with E-state index in [-0.39, 0.29) is 17.9 Å². The molecule has 8 heteroatoms. The zero-order valence-electron chi connectivity index (χ0n) is 13.4. The molecule has 0 unspecified atom stereocenters. The van der Waals surface area contributed by atoms with Crippen LogP contribution >= 0.6 is 0 Å². The van der Waals surface area contributed by atoms with Crippen LogP contribution in [0.1, 0.15) is 16.8 Å². The second-order valence-electron chi connectivity index (χ2n) is 5.28. The fourth-order valence-corrected chi connectivity index (χ4v) is 2.40. The smallest absolute Gasteiger partial charge is 0.339 e. The van der Waals surface area contributed by atoms with Gasteiger partial charge < -0.3 is 19.9 Å². The Morgan fingerprint density at radius 3 is 2.46 bits per heavy atom. The van der Waals surface area contributed by atoms with Gasteiger partial charge in [-0.05, 0) is 12.1 Å². The number of methoxy groups -OCH3 is 1. The number of hydrogen-bond donors (Lipinski definition) is 1. The van der Waals surface area contributed by atoms with Crippen molar-refractivity contribution in [2.24, 2.45) is 0 Å². The van der Waals surface area contributed by atoms with Gasteiger partial charge in [0.1, 0.15) is 6.42 Å². The first-order chi connectivity index (χ1) is 11.5. The number of nitrogens with zero attached hydrogens (tertiary/aromatic N) is 2. The van der Waals surface area contributed by atoms with Gasteiger partial charge >= 0.3 is 5.97 Å². The molecule has 0 aliphatic carbocycles. The Morgan fingerprint density at radius 2 is 1.83 bits per heavy atom. The maximum Gasteiger partial charge on any atom is 0.339 e. The van der Waals surface area contributed by atoms with Gasteiger partial charge in [0.05, 0.1) is 18.4 Å². The molecule has 128 valence electrons. The second kappa shape index (κ2) is 8.09. The van der Waals surface area contributed by atoms with E-state index in [2.05, 4.69) is 10.1 Å². The van der Waals surface area contributed by atoms with Crippen LogP contribution in [0.25, 0.3) is 0 Å². The van der Waals surface area contributed by atoms with Crippen molar-refractivity contribution < 1.29 is 23.9 Å². The molecule has 2 rings (SSSR count). The normalized spacial score (nSPS) is 14.0. The second-order valence-corrected chi connectivity index (χ2v) is 5.28. The van der Waals surface area contributed by atoms with E-state index < -0.39 is 11.9 Å². The molecule has 1 aromatic carbocycles. The molecule has 0 atom stereocenters. The van der Waals surface area contributed by atoms with Gasteiger partial charge in [-0.1, -0.05) is 12.1 Å². The van der Waals surface area contributed by atoms with Crippen LogP contribution in [-0.4, -0.2) is 67.3 Å². The third-order valence-corrected chi connectivity index (χ3v) is 3.73. The number of carbonyl (C=O) groups is 4. The van der Waals surface area contributed by atoms with Crippen LogP contribution in [-0.2, 0) is 19.1 Å². The molecule has 24 heavy (non-hydrogen) atoms. The SMILES string of the molecule is COC(=O)c1ccccc1NC(=O)CC(=O)N1CCN(C=O)CC1. The van der Waals surface area contributed by atoms with Crippen LogP contribution in [0.4, 0.5) is 5.69 Å². The van der Waals surface area contributed by atoms with Crippen molar-refractivity contribution in [3.8, 4) is 0 Å². The molecule has 1 fully saturated rings. The first-order valence-corrected chi connectivity index (χ1v) is 7.49. The van der Waals surface area contributed by atoms with Gasteiger partial charge in [0.15, 0.2) is 0 Å². The Hall–Kier alpha value is -2.90. The molecule has 0 spiro atoms. The number of carbonyl (C=O) groups excluding carboxylic acids is 4. The average Bonchev–Trinajstić information content (AvgIpc) is 2.61. The minimum absolute atomic E-state index is 0.223. The fourth-order valence-electron chi connectivity index (χ4n) is 2.40. The Morgan fingerprint density at radius 1 is 1.17 bits per heavy atom. The van der Waals surface area contributed by atoms with Crippen molar-refractivity contribution in [1.82, 2.24) is 9.80 Å². The molecule has 1 aliphatic rings. The summed E-state index contributed by atoms with van der Waals surface area (Å²) in [4.78, 5) is 49.6. The molecular weight excluding hydrogens is 314 g/mol. The number of rotatable bonds is 5. The van der Waals surface area contributed by atoms with Gasteiger partial charge in [0.2, 0.25) is 18.2 Å². The summed E-state index contributed by atoms with van der Waals surface area (Å²) in [6, 6.07) is 6.42. The molecule has 1 N–H and O–H groups in total. The van der Waals surface area contributed by atoms with Gasteiger partial charge in [-0.3, -0.25) is 14.4 Å². The number of benzene rings is 1. The number of amides is 3. The summed E-state index contributed by atoms with van der Waals surface area (Å²) in [6.45, 7) is 1.73. The van der Waals surface area contributed by atoms with E-state index in [0.29, 0.717) is 31.9 Å². The molecule has 8 nitrogen and oxygen atoms in total. The molecule has 1 aliphatic heterocycles. The van der Waals surface area contributed by atoms with E-state index in [0.717, 1.165) is 6.41 Å². The molecule has 0 saturated carbocycles. The van der Waals surface area contributed by atoms with E-state index in [4.69, 9.17) is 0 Å². The summed E-state index contributed by atoms with van der Waals surface area (Å²) in [6.07, 6.45) is 0.425. The lowest BCUT2D eigenvalue weighted by molar-refractivity contribution is -0.137. The van der Waals surface area contributed by atoms with E-state index >= 15 is 0 Å². The lowest BCUT2D eigenvalue weighted by Crippen LogP contribution is -2.48. The summed E-state index contributed by atoms with van der Waals surface area (Å²) in [7, 11) is 1.25. The molecule has 0 bridgehead atoms. The number of anilines is 1. The van der Waals surface area contributed by atoms with Gasteiger partial charge in [-0.15, -0.1) is 0 Å². The largest absolute Gasteiger partial charge is 0.465 e. The van der Waals surface area contributed by atoms with Crippen LogP contribution < -0.4 is 5.32 Å². The highest BCUT2D eigenvalue weighted by Gasteiger charge is 2.22. The summed E-state index contributed by atoms with van der Waals surface area (Å²) < 4.78 is 4.66. The van der Waals surface area contributed by atoms with Crippen molar-refractivity contribution in [3.63, 3.8) is 0 Å². The minimum Gasteiger partial charge on any atom is -0.465 e. The molecule has 1 heterocycles. The van der Waals surface area contributed by atoms with Crippen molar-refractivity contribution in [1.29, 1.82) is 0 Å². The van der Waals surface area contributed by atoms with Crippen molar-refractivity contribution in [3.05, 3.63) is 29.8 Å². The highest BCUT2D eigenvalue weighted by Crippen LogP contribution is 2.16. The predicted octanol–water partition coefficient (Wildman–Crippen LogP) is 0.102. The lowest BCUT2D eigenvalue weighted by Gasteiger charge is -2.32. The van der Waals surface area contributed by atoms with Crippen molar-refractivity contribution in [2.75, 3.05) is 38.6 Å². The van der Waals surface area contributed by atoms with E-state index in [1.54, 1.807) is 28.0 Å². The molecule has 0 radical (unpaired) electrons. The first kappa shape index (κ1) is 17.5. The van der Waals surface area contributed by atoms with Gasteiger partial charge in [0, 0.05) is 26.2 Å². The van der Waals surface area contributed by atoms with Gasteiger partial charge in [-0.2, -0.15) is 0 Å². The Kier molecular flexibility index (Phi) is 5.89. The monoisotopic (exact) mass is 333 g/mol. The zero-order chi connectivity index (χ0) is 17.5. The Labute approximate surface area is 139 Å². The number of para-hydroxylation sites is 1. The summed E-state index contributed by atoms with van der Waals surface area (Å²) in [5, 5.41) is 2.56. The highest BCUT2D eigenvalue weighted by molar-refractivity contribution is 6.06. The maximum absolute atomic E-state index is 12.1. The third kappa shape index (κ3) is 4.31. The average molecular weight is 333 g/mol. The van der Waals surface area contributed by atoms with E-state index in [1.807, 2.05) is 0 Å². The van der Waals surface area contributed by atoms with Crippen LogP contribution in [0.2, 0.25) is 0 Å². The highest BCUT2D eigenvalue weighted by atomic mass is 16.5. The van der Waals surface area contributed by atoms with Crippen molar-refractivity contribution in [2.45, 2.75) is 6.42 Å². The number of piperazine rings is 1. The van der Waals surface area contributed by atoms with Crippen LogP contribution in [0.3, 0.4) is 0 Å². The van der Waals surface area contributed by atoms with Crippen LogP contribution in [0, 0.1) is 0 Å². The maximum atomic E-state index is 12.1. The lowest BCUT2D eigenvalue weighted by atomic mass is 10.1. The number of hydrogen-bond acceptors (Lipinski definition) is 5. The molecule has 3 amide bonds. The number of ether oxygens (including phenoxy) is 1. The Balaban J connectivity index is 1.93. The third-order valence-electron chi connectivity index (χ3n) is 3.73. The summed E-state index contributed by atoms with van der Waals surface area (Å²) >= 11 is 0.